The maximum Gasteiger partial charge on any atom is 0.226 e. The molecule has 0 atom stereocenters. The maximum absolute atomic E-state index is 12.3. The molecule has 0 saturated carbocycles. The largest absolute Gasteiger partial charge is 0.326 e. The third kappa shape index (κ3) is 5.19. The van der Waals surface area contributed by atoms with E-state index in [2.05, 4.69) is 26.1 Å². The Kier molecular flexibility index (Phi) is 6.96. The summed E-state index contributed by atoms with van der Waals surface area (Å²) in [6.07, 6.45) is 1.11. The molecule has 2 aromatic carbocycles. The zero-order valence-corrected chi connectivity index (χ0v) is 16.1. The van der Waals surface area contributed by atoms with E-state index in [0.717, 1.165) is 23.4 Å². The molecule has 4 heteroatoms. The van der Waals surface area contributed by atoms with Crippen LogP contribution in [0.25, 0.3) is 0 Å². The third-order valence-electron chi connectivity index (χ3n) is 4.49. The van der Waals surface area contributed by atoms with Gasteiger partial charge < -0.3 is 10.2 Å². The van der Waals surface area contributed by atoms with Gasteiger partial charge in [-0.1, -0.05) is 51.1 Å². The molecule has 0 aromatic heterocycles. The Morgan fingerprint density at radius 1 is 1.04 bits per heavy atom. The summed E-state index contributed by atoms with van der Waals surface area (Å²) in [4.78, 5) is 26.0. The van der Waals surface area contributed by atoms with Gasteiger partial charge in [-0.15, -0.1) is 0 Å². The highest BCUT2D eigenvalue weighted by atomic mass is 16.2. The molecule has 0 aliphatic rings. The Labute approximate surface area is 156 Å². The second kappa shape index (κ2) is 9.18. The van der Waals surface area contributed by atoms with Gasteiger partial charge in [0.1, 0.15) is 0 Å². The average molecular weight is 352 g/mol. The second-order valence-electron chi connectivity index (χ2n) is 6.73. The van der Waals surface area contributed by atoms with E-state index >= 15 is 0 Å². The fourth-order valence-electron chi connectivity index (χ4n) is 2.88. The van der Waals surface area contributed by atoms with Crippen LogP contribution in [0.2, 0.25) is 0 Å². The quantitative estimate of drug-likeness (QED) is 0.781. The second-order valence-corrected chi connectivity index (χ2v) is 6.73. The molecule has 26 heavy (non-hydrogen) atoms. The van der Waals surface area contributed by atoms with Crippen LogP contribution < -0.4 is 10.2 Å². The normalized spacial score (nSPS) is 10.7. The Bertz CT molecular complexity index is 751. The molecule has 0 aliphatic carbocycles. The number of aryl methyl sites for hydroxylation is 1. The van der Waals surface area contributed by atoms with Crippen LogP contribution in [0, 0.1) is 0 Å². The van der Waals surface area contributed by atoms with Gasteiger partial charge in [-0.2, -0.15) is 0 Å². The Balaban J connectivity index is 2.02. The molecule has 2 rings (SSSR count). The summed E-state index contributed by atoms with van der Waals surface area (Å²) in [6, 6.07) is 15.8. The number of para-hydroxylation sites is 1. The van der Waals surface area contributed by atoms with Gasteiger partial charge in [0.15, 0.2) is 0 Å². The van der Waals surface area contributed by atoms with Gasteiger partial charge in [-0.05, 0) is 41.7 Å². The van der Waals surface area contributed by atoms with Gasteiger partial charge in [0.2, 0.25) is 11.8 Å². The van der Waals surface area contributed by atoms with Crippen LogP contribution in [0.3, 0.4) is 0 Å². The van der Waals surface area contributed by atoms with E-state index in [4.69, 9.17) is 0 Å². The molecule has 1 N–H and O–H groups in total. The van der Waals surface area contributed by atoms with Crippen molar-refractivity contribution in [2.75, 3.05) is 16.8 Å². The zero-order valence-electron chi connectivity index (χ0n) is 16.1. The number of hydrogen-bond acceptors (Lipinski definition) is 2. The van der Waals surface area contributed by atoms with Crippen molar-refractivity contribution in [3.8, 4) is 0 Å². The molecular formula is C22H28N2O2. The molecule has 0 saturated heterocycles. The van der Waals surface area contributed by atoms with Crippen molar-refractivity contribution in [1.82, 2.24) is 0 Å². The van der Waals surface area contributed by atoms with Crippen LogP contribution in [0.1, 0.15) is 51.2 Å². The van der Waals surface area contributed by atoms with E-state index in [9.17, 15) is 9.59 Å². The van der Waals surface area contributed by atoms with Crippen molar-refractivity contribution in [3.05, 3.63) is 59.7 Å². The smallest absolute Gasteiger partial charge is 0.226 e. The number of nitrogens with zero attached hydrogens (tertiary/aromatic N) is 1. The topological polar surface area (TPSA) is 49.4 Å². The summed E-state index contributed by atoms with van der Waals surface area (Å²) in [5.74, 6) is 0.291. The van der Waals surface area contributed by atoms with Gasteiger partial charge in [0, 0.05) is 31.3 Å². The summed E-state index contributed by atoms with van der Waals surface area (Å²) in [7, 11) is 0. The first-order valence-electron chi connectivity index (χ1n) is 9.18. The number of hydrogen-bond donors (Lipinski definition) is 1. The van der Waals surface area contributed by atoms with E-state index in [1.807, 2.05) is 48.5 Å². The predicted molar refractivity (Wildman–Crippen MR) is 108 cm³/mol. The first-order valence-corrected chi connectivity index (χ1v) is 9.18. The SMILES string of the molecule is CCc1ccccc1NC(=O)CCN(C(C)=O)c1ccc(C(C)C)cc1. The lowest BCUT2D eigenvalue weighted by atomic mass is 10.0. The molecule has 0 unspecified atom stereocenters. The molecule has 0 spiro atoms. The van der Waals surface area contributed by atoms with Crippen molar-refractivity contribution in [3.63, 3.8) is 0 Å². The summed E-state index contributed by atoms with van der Waals surface area (Å²) >= 11 is 0. The van der Waals surface area contributed by atoms with E-state index in [1.54, 1.807) is 4.90 Å². The summed E-state index contributed by atoms with van der Waals surface area (Å²) in [5.41, 5.74) is 4.00. The molecule has 0 aliphatic heterocycles. The molecule has 138 valence electrons. The third-order valence-corrected chi connectivity index (χ3v) is 4.49. The van der Waals surface area contributed by atoms with Gasteiger partial charge in [0.25, 0.3) is 0 Å². The van der Waals surface area contributed by atoms with Crippen LogP contribution in [0.15, 0.2) is 48.5 Å². The summed E-state index contributed by atoms with van der Waals surface area (Å²) in [5, 5.41) is 2.95. The molecular weight excluding hydrogens is 324 g/mol. The van der Waals surface area contributed by atoms with Gasteiger partial charge >= 0.3 is 0 Å². The lowest BCUT2D eigenvalue weighted by Crippen LogP contribution is -2.32. The first-order chi connectivity index (χ1) is 12.4. The lowest BCUT2D eigenvalue weighted by Gasteiger charge is -2.22. The van der Waals surface area contributed by atoms with Crippen LogP contribution in [-0.4, -0.2) is 18.4 Å². The Morgan fingerprint density at radius 3 is 2.27 bits per heavy atom. The van der Waals surface area contributed by atoms with Gasteiger partial charge in [-0.25, -0.2) is 0 Å². The fourth-order valence-corrected chi connectivity index (χ4v) is 2.88. The zero-order chi connectivity index (χ0) is 19.1. The van der Waals surface area contributed by atoms with Crippen molar-refractivity contribution in [2.45, 2.75) is 46.5 Å². The monoisotopic (exact) mass is 352 g/mol. The van der Waals surface area contributed by atoms with E-state index in [-0.39, 0.29) is 18.2 Å². The van der Waals surface area contributed by atoms with Crippen molar-refractivity contribution in [2.24, 2.45) is 0 Å². The Morgan fingerprint density at radius 2 is 1.69 bits per heavy atom. The van der Waals surface area contributed by atoms with E-state index in [1.165, 1.54) is 12.5 Å². The number of benzene rings is 2. The average Bonchev–Trinajstić information content (AvgIpc) is 2.62. The number of carbonyl (C=O) groups excluding carboxylic acids is 2. The predicted octanol–water partition coefficient (Wildman–Crippen LogP) is 4.75. The van der Waals surface area contributed by atoms with E-state index in [0.29, 0.717) is 12.5 Å². The minimum atomic E-state index is -0.0871. The molecule has 2 amide bonds. The number of anilines is 2. The Hall–Kier alpha value is -2.62. The first kappa shape index (κ1) is 19.7. The molecule has 0 fully saturated rings. The van der Waals surface area contributed by atoms with Crippen LogP contribution >= 0.6 is 0 Å². The van der Waals surface area contributed by atoms with E-state index < -0.39 is 0 Å². The number of carbonyl (C=O) groups is 2. The number of amides is 2. The molecule has 0 radical (unpaired) electrons. The van der Waals surface area contributed by atoms with Crippen LogP contribution in [0.5, 0.6) is 0 Å². The summed E-state index contributed by atoms with van der Waals surface area (Å²) in [6.45, 7) is 8.22. The van der Waals surface area contributed by atoms with Gasteiger partial charge in [0.05, 0.1) is 0 Å². The molecule has 0 heterocycles. The highest BCUT2D eigenvalue weighted by Crippen LogP contribution is 2.21. The summed E-state index contributed by atoms with van der Waals surface area (Å²) < 4.78 is 0. The van der Waals surface area contributed by atoms with Crippen LogP contribution in [-0.2, 0) is 16.0 Å². The maximum atomic E-state index is 12.3. The number of nitrogens with one attached hydrogen (secondary N) is 1. The minimum absolute atomic E-state index is 0.0657. The van der Waals surface area contributed by atoms with Gasteiger partial charge in [-0.3, -0.25) is 9.59 Å². The molecule has 2 aromatic rings. The molecule has 0 bridgehead atoms. The minimum Gasteiger partial charge on any atom is -0.326 e. The highest BCUT2D eigenvalue weighted by Gasteiger charge is 2.14. The fraction of sp³-hybridized carbons (Fsp3) is 0.364. The number of rotatable bonds is 7. The van der Waals surface area contributed by atoms with Crippen LogP contribution in [0.4, 0.5) is 11.4 Å². The standard InChI is InChI=1S/C22H28N2O2/c1-5-18-8-6-7-9-21(18)23-22(26)14-15-24(17(4)25)20-12-10-19(11-13-20)16(2)3/h6-13,16H,5,14-15H2,1-4H3,(H,23,26). The molecule has 4 nitrogen and oxygen atoms in total. The van der Waals surface area contributed by atoms with Crippen molar-refractivity contribution < 1.29 is 9.59 Å². The van der Waals surface area contributed by atoms with Crippen molar-refractivity contribution in [1.29, 1.82) is 0 Å². The lowest BCUT2D eigenvalue weighted by molar-refractivity contribution is -0.117. The van der Waals surface area contributed by atoms with Crippen molar-refractivity contribution >= 4 is 23.2 Å². The highest BCUT2D eigenvalue weighted by molar-refractivity contribution is 5.95.